The Bertz CT molecular complexity index is 606. The number of hydrogen-bond acceptors (Lipinski definition) is 1. The van der Waals surface area contributed by atoms with Crippen LogP contribution in [-0.2, 0) is 18.5 Å². The van der Waals surface area contributed by atoms with Gasteiger partial charge >= 0.3 is 6.18 Å². The smallest absolute Gasteiger partial charge is 0.416 e. The molecule has 5 heteroatoms. The molecule has 0 aliphatic heterocycles. The number of benzene rings is 2. The molecule has 0 heterocycles. The maximum atomic E-state index is 12.9. The fraction of sp³-hybridized carbons (Fsp3) is 0.250. The fourth-order valence-electron chi connectivity index (χ4n) is 1.93. The zero-order valence-corrected chi connectivity index (χ0v) is 12.1. The molecule has 0 radical (unpaired) electrons. The normalized spacial score (nSPS) is 11.5. The molecule has 2 aromatic carbocycles. The predicted molar refractivity (Wildman–Crippen MR) is 76.9 cm³/mol. The van der Waals surface area contributed by atoms with E-state index in [0.29, 0.717) is 5.75 Å². The zero-order valence-electron chi connectivity index (χ0n) is 11.4. The average molecular weight is 315 g/mol. The molecule has 0 aliphatic carbocycles. The predicted octanol–water partition coefficient (Wildman–Crippen LogP) is 5.80. The Morgan fingerprint density at radius 1 is 1.00 bits per heavy atom. The Kier molecular flexibility index (Phi) is 4.78. The van der Waals surface area contributed by atoms with E-state index in [1.54, 1.807) is 12.1 Å². The van der Waals surface area contributed by atoms with Crippen molar-refractivity contribution in [3.8, 4) is 11.5 Å². The third-order valence-corrected chi connectivity index (χ3v) is 3.39. The zero-order chi connectivity index (χ0) is 15.5. The summed E-state index contributed by atoms with van der Waals surface area (Å²) in [6, 6.07) is 11.0. The Hall–Kier alpha value is -1.68. The van der Waals surface area contributed by atoms with Crippen LogP contribution in [-0.4, -0.2) is 0 Å². The second kappa shape index (κ2) is 6.39. The molecule has 0 fully saturated rings. The van der Waals surface area contributed by atoms with Crippen molar-refractivity contribution in [3.63, 3.8) is 0 Å². The summed E-state index contributed by atoms with van der Waals surface area (Å²) < 4.78 is 44.3. The van der Waals surface area contributed by atoms with Crippen molar-refractivity contribution in [1.82, 2.24) is 0 Å². The molecule has 2 rings (SSSR count). The lowest BCUT2D eigenvalue weighted by molar-refractivity contribution is -0.138. The summed E-state index contributed by atoms with van der Waals surface area (Å²) in [6.45, 7) is 2.02. The van der Waals surface area contributed by atoms with Gasteiger partial charge in [-0.05, 0) is 41.8 Å². The van der Waals surface area contributed by atoms with Gasteiger partial charge in [-0.3, -0.25) is 0 Å². The van der Waals surface area contributed by atoms with Crippen LogP contribution in [0.1, 0.15) is 23.6 Å². The highest BCUT2D eigenvalue weighted by atomic mass is 35.5. The first-order chi connectivity index (χ1) is 9.94. The number of aryl methyl sites for hydroxylation is 1. The van der Waals surface area contributed by atoms with Crippen molar-refractivity contribution in [3.05, 3.63) is 59.2 Å². The van der Waals surface area contributed by atoms with Crippen LogP contribution in [0.2, 0.25) is 0 Å². The van der Waals surface area contributed by atoms with Crippen LogP contribution >= 0.6 is 11.6 Å². The van der Waals surface area contributed by atoms with Crippen LogP contribution in [0.3, 0.4) is 0 Å². The maximum Gasteiger partial charge on any atom is 0.416 e. The lowest BCUT2D eigenvalue weighted by Crippen LogP contribution is -2.08. The Morgan fingerprint density at radius 2 is 1.62 bits per heavy atom. The van der Waals surface area contributed by atoms with Crippen LogP contribution in [0.5, 0.6) is 11.5 Å². The van der Waals surface area contributed by atoms with E-state index >= 15 is 0 Å². The van der Waals surface area contributed by atoms with Gasteiger partial charge in [-0.2, -0.15) is 13.2 Å². The van der Waals surface area contributed by atoms with E-state index in [0.717, 1.165) is 18.1 Å². The van der Waals surface area contributed by atoms with Gasteiger partial charge in [0.05, 0.1) is 5.56 Å². The average Bonchev–Trinajstić information content (AvgIpc) is 2.47. The van der Waals surface area contributed by atoms with E-state index < -0.39 is 11.7 Å². The molecule has 0 bridgehead atoms. The summed E-state index contributed by atoms with van der Waals surface area (Å²) in [5.41, 5.74) is 0.411. The van der Waals surface area contributed by atoms with Crippen LogP contribution in [0.4, 0.5) is 13.2 Å². The maximum absolute atomic E-state index is 12.9. The third-order valence-electron chi connectivity index (χ3n) is 3.10. The molecule has 0 amide bonds. The van der Waals surface area contributed by atoms with Crippen molar-refractivity contribution >= 4 is 11.6 Å². The van der Waals surface area contributed by atoms with Gasteiger partial charge < -0.3 is 4.74 Å². The monoisotopic (exact) mass is 314 g/mol. The molecule has 0 spiro atoms. The van der Waals surface area contributed by atoms with Crippen LogP contribution in [0.25, 0.3) is 0 Å². The van der Waals surface area contributed by atoms with Crippen molar-refractivity contribution in [2.75, 3.05) is 0 Å². The van der Waals surface area contributed by atoms with Crippen molar-refractivity contribution in [2.45, 2.75) is 25.4 Å². The first-order valence-electron chi connectivity index (χ1n) is 6.47. The van der Waals surface area contributed by atoms with E-state index in [9.17, 15) is 13.2 Å². The van der Waals surface area contributed by atoms with Gasteiger partial charge in [-0.15, -0.1) is 11.6 Å². The molecule has 0 aliphatic rings. The molecule has 1 nitrogen and oxygen atoms in total. The van der Waals surface area contributed by atoms with Crippen LogP contribution in [0.15, 0.2) is 42.5 Å². The van der Waals surface area contributed by atoms with Gasteiger partial charge in [0.15, 0.2) is 0 Å². The van der Waals surface area contributed by atoms with Gasteiger partial charge in [-0.25, -0.2) is 0 Å². The molecule has 0 saturated heterocycles. The number of alkyl halides is 4. The largest absolute Gasteiger partial charge is 0.457 e. The Morgan fingerprint density at radius 3 is 2.14 bits per heavy atom. The lowest BCUT2D eigenvalue weighted by atomic mass is 10.1. The summed E-state index contributed by atoms with van der Waals surface area (Å²) in [5.74, 6) is 0.444. The summed E-state index contributed by atoms with van der Waals surface area (Å²) in [7, 11) is 0. The topological polar surface area (TPSA) is 9.23 Å². The summed E-state index contributed by atoms with van der Waals surface area (Å²) >= 11 is 5.54. The Labute approximate surface area is 126 Å². The third kappa shape index (κ3) is 3.91. The molecule has 0 aromatic heterocycles. The minimum atomic E-state index is -4.45. The molecule has 0 saturated carbocycles. The molecule has 112 valence electrons. The van der Waals surface area contributed by atoms with Gasteiger partial charge in [0.2, 0.25) is 0 Å². The first-order valence-corrected chi connectivity index (χ1v) is 7.00. The SMILES string of the molecule is CCc1ccc(Oc2ccc(CCl)c(C(F)(F)F)c2)cc1. The summed E-state index contributed by atoms with van der Waals surface area (Å²) in [5, 5.41) is 0. The molecular weight excluding hydrogens is 301 g/mol. The molecule has 0 unspecified atom stereocenters. The van der Waals surface area contributed by atoms with E-state index in [1.165, 1.54) is 12.1 Å². The lowest BCUT2D eigenvalue weighted by Gasteiger charge is -2.13. The summed E-state index contributed by atoms with van der Waals surface area (Å²) in [6.07, 6.45) is -3.56. The molecule has 0 N–H and O–H groups in total. The fourth-order valence-corrected chi connectivity index (χ4v) is 2.16. The minimum absolute atomic E-state index is 0.0397. The molecule has 2 aromatic rings. The highest BCUT2D eigenvalue weighted by Crippen LogP contribution is 2.36. The van der Waals surface area contributed by atoms with E-state index in [1.807, 2.05) is 19.1 Å². The van der Waals surface area contributed by atoms with Gasteiger partial charge in [0, 0.05) is 5.88 Å². The van der Waals surface area contributed by atoms with Crippen molar-refractivity contribution in [2.24, 2.45) is 0 Å². The van der Waals surface area contributed by atoms with Crippen molar-refractivity contribution < 1.29 is 17.9 Å². The Balaban J connectivity index is 2.27. The highest BCUT2D eigenvalue weighted by molar-refractivity contribution is 6.17. The number of halogens is 4. The van der Waals surface area contributed by atoms with Crippen LogP contribution < -0.4 is 4.74 Å². The highest BCUT2D eigenvalue weighted by Gasteiger charge is 2.33. The second-order valence-corrected chi connectivity index (χ2v) is 4.82. The van der Waals surface area contributed by atoms with Gasteiger partial charge in [0.25, 0.3) is 0 Å². The molecule has 0 atom stereocenters. The van der Waals surface area contributed by atoms with E-state index in [4.69, 9.17) is 16.3 Å². The number of rotatable bonds is 4. The quantitative estimate of drug-likeness (QED) is 0.648. The first kappa shape index (κ1) is 15.7. The number of ether oxygens (including phenoxy) is 1. The van der Waals surface area contributed by atoms with E-state index in [2.05, 4.69) is 0 Å². The second-order valence-electron chi connectivity index (χ2n) is 4.55. The summed E-state index contributed by atoms with van der Waals surface area (Å²) in [4.78, 5) is 0. The van der Waals surface area contributed by atoms with Gasteiger partial charge in [0.1, 0.15) is 11.5 Å². The number of hydrogen-bond donors (Lipinski definition) is 0. The van der Waals surface area contributed by atoms with Gasteiger partial charge in [-0.1, -0.05) is 25.1 Å². The van der Waals surface area contributed by atoms with Crippen LogP contribution in [0, 0.1) is 0 Å². The van der Waals surface area contributed by atoms with Crippen molar-refractivity contribution in [1.29, 1.82) is 0 Å². The minimum Gasteiger partial charge on any atom is -0.457 e. The standard InChI is InChI=1S/C16H14ClF3O/c1-2-11-3-6-13(7-4-11)21-14-8-5-12(10-17)15(9-14)16(18,19)20/h3-9H,2,10H2,1H3. The molecular formula is C16H14ClF3O. The van der Waals surface area contributed by atoms with E-state index in [-0.39, 0.29) is 17.2 Å². The molecule has 21 heavy (non-hydrogen) atoms.